The van der Waals surface area contributed by atoms with E-state index in [2.05, 4.69) is 46.4 Å². The smallest absolute Gasteiger partial charge is 0.339 e. The average molecular weight is 389 g/mol. The van der Waals surface area contributed by atoms with Crippen LogP contribution in [0.25, 0.3) is 6.08 Å². The summed E-state index contributed by atoms with van der Waals surface area (Å²) in [5.74, 6) is -0.130. The lowest BCUT2D eigenvalue weighted by Crippen LogP contribution is -2.08. The number of hydrogen-bond acceptors (Lipinski definition) is 3. The van der Waals surface area contributed by atoms with Crippen LogP contribution in [0.2, 0.25) is 0 Å². The summed E-state index contributed by atoms with van der Waals surface area (Å²) < 4.78 is 0. The molecule has 1 rings (SSSR count). The van der Waals surface area contributed by atoms with Gasteiger partial charge in [-0.3, -0.25) is 4.79 Å². The third kappa shape index (κ3) is 8.17. The maximum Gasteiger partial charge on any atom is 0.339 e. The zero-order valence-electron chi connectivity index (χ0n) is 17.0. The summed E-state index contributed by atoms with van der Waals surface area (Å²) in [6.45, 7) is 12.0. The van der Waals surface area contributed by atoms with Gasteiger partial charge in [0.1, 0.15) is 0 Å². The first-order valence-corrected chi connectivity index (χ1v) is 10.7. The molecule has 0 saturated heterocycles. The summed E-state index contributed by atoms with van der Waals surface area (Å²) in [6, 6.07) is 4.34. The second kappa shape index (κ2) is 11.8. The lowest BCUT2D eigenvalue weighted by Gasteiger charge is -2.14. The molecule has 0 radical (unpaired) electrons. The number of ketones is 1. The Morgan fingerprint density at radius 1 is 1.26 bits per heavy atom. The summed E-state index contributed by atoms with van der Waals surface area (Å²) in [6.07, 6.45) is 8.74. The predicted octanol–water partition coefficient (Wildman–Crippen LogP) is 6.09. The van der Waals surface area contributed by atoms with Crippen LogP contribution in [-0.2, 0) is 16.0 Å². The fourth-order valence-corrected chi connectivity index (χ4v) is 3.71. The monoisotopic (exact) mass is 388 g/mol. The van der Waals surface area contributed by atoms with E-state index in [1.807, 2.05) is 11.8 Å². The highest BCUT2D eigenvalue weighted by molar-refractivity contribution is 7.99. The second-order valence-corrected chi connectivity index (χ2v) is 8.42. The van der Waals surface area contributed by atoms with Crippen LogP contribution in [0.3, 0.4) is 0 Å². The zero-order valence-corrected chi connectivity index (χ0v) is 17.8. The minimum atomic E-state index is -1.28. The summed E-state index contributed by atoms with van der Waals surface area (Å²) in [7, 11) is 0. The van der Waals surface area contributed by atoms with Crippen molar-refractivity contribution in [3.8, 4) is 0 Å². The summed E-state index contributed by atoms with van der Waals surface area (Å²) in [5.41, 5.74) is 2.97. The van der Waals surface area contributed by atoms with Crippen LogP contribution in [0.5, 0.6) is 0 Å². The normalized spacial score (nSPS) is 11.3. The van der Waals surface area contributed by atoms with E-state index in [1.165, 1.54) is 41.4 Å². The molecule has 0 unspecified atom stereocenters. The highest BCUT2D eigenvalue weighted by Crippen LogP contribution is 2.29. The number of benzene rings is 1. The maximum atomic E-state index is 11.9. The molecule has 0 atom stereocenters. The van der Waals surface area contributed by atoms with E-state index >= 15 is 0 Å². The van der Waals surface area contributed by atoms with Gasteiger partial charge in [0.25, 0.3) is 0 Å². The molecular formula is C23H32O3S. The van der Waals surface area contributed by atoms with Gasteiger partial charge in [-0.25, -0.2) is 4.79 Å². The van der Waals surface area contributed by atoms with Crippen LogP contribution in [0.4, 0.5) is 0 Å². The highest BCUT2D eigenvalue weighted by Gasteiger charge is 2.12. The number of aliphatic carboxylic acids is 1. The van der Waals surface area contributed by atoms with Gasteiger partial charge in [0.15, 0.2) is 5.78 Å². The second-order valence-electron chi connectivity index (χ2n) is 7.29. The lowest BCUT2D eigenvalue weighted by molar-refractivity contribution is -0.134. The van der Waals surface area contributed by atoms with Gasteiger partial charge < -0.3 is 5.11 Å². The number of carbonyl (C=O) groups excluding carboxylic acids is 1. The van der Waals surface area contributed by atoms with Crippen molar-refractivity contribution in [1.82, 2.24) is 0 Å². The standard InChI is InChI=1S/C23H32O3S/c1-6-7-8-13-27-22-15-20(10-9-16(2)3)19(14-17(22)4)11-12-21(24)18(5)23(25)26/h11-12,14-16H,5-10,13H2,1-4H3,(H,25,26)/b12-11+. The Morgan fingerprint density at radius 3 is 2.56 bits per heavy atom. The Balaban J connectivity index is 3.06. The van der Waals surface area contributed by atoms with E-state index in [4.69, 9.17) is 5.11 Å². The van der Waals surface area contributed by atoms with Gasteiger partial charge in [-0.2, -0.15) is 0 Å². The van der Waals surface area contributed by atoms with Crippen molar-refractivity contribution < 1.29 is 14.7 Å². The molecule has 0 spiro atoms. The molecule has 4 heteroatoms. The van der Waals surface area contributed by atoms with Gasteiger partial charge in [0, 0.05) is 4.90 Å². The van der Waals surface area contributed by atoms with Crippen molar-refractivity contribution in [1.29, 1.82) is 0 Å². The highest BCUT2D eigenvalue weighted by atomic mass is 32.2. The maximum absolute atomic E-state index is 11.9. The topological polar surface area (TPSA) is 54.4 Å². The van der Waals surface area contributed by atoms with Crippen molar-refractivity contribution in [3.63, 3.8) is 0 Å². The van der Waals surface area contributed by atoms with Gasteiger partial charge in [-0.05, 0) is 66.7 Å². The molecule has 0 aliphatic heterocycles. The van der Waals surface area contributed by atoms with Crippen molar-refractivity contribution in [2.75, 3.05) is 5.75 Å². The number of unbranched alkanes of at least 4 members (excludes halogenated alkanes) is 2. The number of thioether (sulfide) groups is 1. The van der Waals surface area contributed by atoms with Gasteiger partial charge in [0.05, 0.1) is 5.57 Å². The number of rotatable bonds is 12. The van der Waals surface area contributed by atoms with Crippen molar-refractivity contribution >= 4 is 29.6 Å². The molecule has 0 aromatic heterocycles. The number of aryl methyl sites for hydroxylation is 2. The Hall–Kier alpha value is -1.81. The molecule has 1 aromatic rings. The van der Waals surface area contributed by atoms with Crippen LogP contribution in [0, 0.1) is 12.8 Å². The van der Waals surface area contributed by atoms with Crippen LogP contribution < -0.4 is 0 Å². The fourth-order valence-electron chi connectivity index (χ4n) is 2.63. The third-order valence-corrected chi connectivity index (χ3v) is 5.65. The molecule has 0 amide bonds. The molecule has 3 nitrogen and oxygen atoms in total. The predicted molar refractivity (Wildman–Crippen MR) is 115 cm³/mol. The molecule has 0 heterocycles. The molecule has 0 aliphatic rings. The SMILES string of the molecule is C=C(C(=O)O)C(=O)/C=C/c1cc(C)c(SCCCCC)cc1CCC(C)C. The van der Waals surface area contributed by atoms with Crippen LogP contribution >= 0.6 is 11.8 Å². The van der Waals surface area contributed by atoms with Gasteiger partial charge in [-0.15, -0.1) is 11.8 Å². The van der Waals surface area contributed by atoms with Gasteiger partial charge in [0.2, 0.25) is 0 Å². The number of hydrogen-bond donors (Lipinski definition) is 1. The molecule has 0 aliphatic carbocycles. The van der Waals surface area contributed by atoms with Crippen molar-refractivity contribution in [2.24, 2.45) is 5.92 Å². The van der Waals surface area contributed by atoms with Crippen LogP contribution in [0.1, 0.15) is 63.1 Å². The first-order chi connectivity index (χ1) is 12.8. The van der Waals surface area contributed by atoms with E-state index < -0.39 is 17.3 Å². The molecule has 27 heavy (non-hydrogen) atoms. The Labute approximate surface area is 167 Å². The zero-order chi connectivity index (χ0) is 20.4. The minimum absolute atomic E-state index is 0.408. The number of allylic oxidation sites excluding steroid dienone is 1. The summed E-state index contributed by atoms with van der Waals surface area (Å²) in [5, 5.41) is 8.89. The third-order valence-electron chi connectivity index (χ3n) is 4.40. The molecule has 0 fully saturated rings. The van der Waals surface area contributed by atoms with E-state index in [9.17, 15) is 9.59 Å². The minimum Gasteiger partial charge on any atom is -0.478 e. The number of carbonyl (C=O) groups is 2. The first kappa shape index (κ1) is 23.2. The van der Waals surface area contributed by atoms with Crippen LogP contribution in [-0.4, -0.2) is 22.6 Å². The number of carboxylic acid groups (broad SMARTS) is 1. The fraction of sp³-hybridized carbons (Fsp3) is 0.478. The summed E-state index contributed by atoms with van der Waals surface area (Å²) >= 11 is 1.89. The van der Waals surface area contributed by atoms with Crippen LogP contribution in [0.15, 0.2) is 35.3 Å². The van der Waals surface area contributed by atoms with Crippen molar-refractivity contribution in [2.45, 2.75) is 64.7 Å². The Bertz CT molecular complexity index is 702. The molecule has 0 bridgehead atoms. The number of carboxylic acids is 1. The van der Waals surface area contributed by atoms with E-state index in [0.717, 1.165) is 24.2 Å². The molecular weight excluding hydrogens is 356 g/mol. The van der Waals surface area contributed by atoms with Gasteiger partial charge in [-0.1, -0.05) is 52.3 Å². The Morgan fingerprint density at radius 2 is 1.96 bits per heavy atom. The lowest BCUT2D eigenvalue weighted by atomic mass is 9.96. The molecule has 1 aromatic carbocycles. The first-order valence-electron chi connectivity index (χ1n) is 9.67. The molecule has 148 valence electrons. The summed E-state index contributed by atoms with van der Waals surface area (Å²) in [4.78, 5) is 24.1. The van der Waals surface area contributed by atoms with E-state index in [1.54, 1.807) is 6.08 Å². The van der Waals surface area contributed by atoms with E-state index in [0.29, 0.717) is 5.92 Å². The quantitative estimate of drug-likeness (QED) is 0.155. The van der Waals surface area contributed by atoms with Gasteiger partial charge >= 0.3 is 5.97 Å². The van der Waals surface area contributed by atoms with Crippen molar-refractivity contribution in [3.05, 3.63) is 47.1 Å². The molecule has 0 saturated carbocycles. The average Bonchev–Trinajstić information content (AvgIpc) is 2.62. The molecule has 1 N–H and O–H groups in total. The van der Waals surface area contributed by atoms with E-state index in [-0.39, 0.29) is 0 Å². The Kier molecular flexibility index (Phi) is 10.2. The largest absolute Gasteiger partial charge is 0.478 e.